The van der Waals surface area contributed by atoms with Gasteiger partial charge in [0.25, 0.3) is 0 Å². The van der Waals surface area contributed by atoms with Crippen molar-refractivity contribution in [3.8, 4) is 39.9 Å². The van der Waals surface area contributed by atoms with Crippen LogP contribution in [0.15, 0.2) is 218 Å². The number of nitrogens with zero attached hydrogens (tertiary/aromatic N) is 6. The first kappa shape index (κ1) is 35.9. The summed E-state index contributed by atoms with van der Waals surface area (Å²) in [6.45, 7) is 0. The Labute approximate surface area is 368 Å². The van der Waals surface area contributed by atoms with E-state index < -0.39 is 0 Å². The van der Waals surface area contributed by atoms with Crippen molar-refractivity contribution in [2.75, 3.05) is 9.80 Å². The largest absolute Gasteiger partial charge is 0.353 e. The molecule has 13 rings (SSSR count). The quantitative estimate of drug-likeness (QED) is 0.181. The molecule has 4 heterocycles. The molecule has 0 aliphatic carbocycles. The zero-order chi connectivity index (χ0) is 42.1. The van der Waals surface area contributed by atoms with Gasteiger partial charge >= 0.3 is 0 Å². The van der Waals surface area contributed by atoms with E-state index in [4.69, 9.17) is 15.0 Å². The van der Waals surface area contributed by atoms with Crippen LogP contribution in [0.5, 0.6) is 0 Å². The van der Waals surface area contributed by atoms with E-state index in [1.807, 2.05) is 60.7 Å². The lowest BCUT2D eigenvalue weighted by molar-refractivity contribution is 1.07. The van der Waals surface area contributed by atoms with Crippen molar-refractivity contribution < 1.29 is 0 Å². The van der Waals surface area contributed by atoms with Crippen molar-refractivity contribution in [3.05, 3.63) is 218 Å². The lowest BCUT2D eigenvalue weighted by Gasteiger charge is -2.41. The highest BCUT2D eigenvalue weighted by Gasteiger charge is 2.36. The number of benzene rings is 9. The van der Waals surface area contributed by atoms with Crippen molar-refractivity contribution >= 4 is 77.7 Å². The van der Waals surface area contributed by atoms with Crippen molar-refractivity contribution in [1.82, 2.24) is 24.5 Å². The molecule has 7 nitrogen and oxygen atoms in total. The van der Waals surface area contributed by atoms with Gasteiger partial charge in [-0.05, 0) is 72.8 Å². The van der Waals surface area contributed by atoms with Crippen molar-refractivity contribution in [1.29, 1.82) is 0 Å². The number of nitrogens with one attached hydrogen (secondary N) is 1. The van der Waals surface area contributed by atoms with Crippen LogP contribution in [0.1, 0.15) is 0 Å². The predicted molar refractivity (Wildman–Crippen MR) is 263 cm³/mol. The molecule has 0 spiro atoms. The fourth-order valence-electron chi connectivity index (χ4n) is 9.65. The molecule has 0 radical (unpaired) electrons. The first-order chi connectivity index (χ1) is 31.8. The molecule has 0 fully saturated rings. The summed E-state index contributed by atoms with van der Waals surface area (Å²) in [5.74, 6) is 1.86. The highest BCUT2D eigenvalue weighted by atomic mass is 15.3. The molecule has 7 heteroatoms. The smallest absolute Gasteiger partial charge is 0.164 e. The number of aromatic nitrogens is 5. The number of para-hydroxylation sites is 4. The second-order valence-corrected chi connectivity index (χ2v) is 16.1. The van der Waals surface area contributed by atoms with E-state index >= 15 is 0 Å². The van der Waals surface area contributed by atoms with Crippen LogP contribution in [0.3, 0.4) is 0 Å². The molecule has 0 amide bonds. The Morgan fingerprint density at radius 1 is 0.344 bits per heavy atom. The first-order valence-corrected chi connectivity index (χ1v) is 21.5. The Kier molecular flexibility index (Phi) is 8.08. The third-order valence-electron chi connectivity index (χ3n) is 12.4. The van der Waals surface area contributed by atoms with E-state index in [1.165, 1.54) is 16.2 Å². The maximum atomic E-state index is 5.13. The van der Waals surface area contributed by atoms with Gasteiger partial charge in [-0.15, -0.1) is 0 Å². The molecular weight excluding hydrogens is 783 g/mol. The number of H-pyrrole nitrogens is 1. The molecule has 1 aliphatic heterocycles. The fraction of sp³-hybridized carbons (Fsp3) is 0. The molecule has 3 aromatic heterocycles. The SMILES string of the molecule is c1ccc(-c2nc(-c3ccccc3)nc(-c3cccc(-n4c5ccccc5c5ccc6c(c54)N(c4ccccc4)c4ccc5c([nH]c7ccccc75)c4N6c4ccccc4)c3)n2)cc1. The number of anilines is 6. The zero-order valence-electron chi connectivity index (χ0n) is 34.5. The van der Waals surface area contributed by atoms with Gasteiger partial charge in [0, 0.05) is 60.8 Å². The van der Waals surface area contributed by atoms with Crippen LogP contribution in [0.25, 0.3) is 83.5 Å². The molecule has 0 saturated carbocycles. The van der Waals surface area contributed by atoms with Crippen LogP contribution in [-0.4, -0.2) is 24.5 Å². The summed E-state index contributed by atoms with van der Waals surface area (Å²) in [5, 5.41) is 4.70. The molecule has 1 N–H and O–H groups in total. The molecule has 0 unspecified atom stereocenters. The molecule has 9 aromatic carbocycles. The van der Waals surface area contributed by atoms with E-state index in [0.29, 0.717) is 17.5 Å². The summed E-state index contributed by atoms with van der Waals surface area (Å²) in [6.07, 6.45) is 0. The van der Waals surface area contributed by atoms with Gasteiger partial charge in [0.05, 0.1) is 39.3 Å². The van der Waals surface area contributed by atoms with Crippen molar-refractivity contribution in [2.45, 2.75) is 0 Å². The molecular formula is C57H37N7. The third kappa shape index (κ3) is 5.58. The van der Waals surface area contributed by atoms with Crippen LogP contribution in [0.4, 0.5) is 34.1 Å². The highest BCUT2D eigenvalue weighted by Crippen LogP contribution is 2.59. The summed E-state index contributed by atoms with van der Waals surface area (Å²) < 4.78 is 2.43. The Morgan fingerprint density at radius 2 is 0.828 bits per heavy atom. The number of fused-ring (bicyclic) bond motifs is 10. The molecule has 0 bridgehead atoms. The van der Waals surface area contributed by atoms with Crippen LogP contribution in [-0.2, 0) is 0 Å². The second-order valence-electron chi connectivity index (χ2n) is 16.1. The average Bonchev–Trinajstić information content (AvgIpc) is 3.93. The minimum absolute atomic E-state index is 0.606. The van der Waals surface area contributed by atoms with Gasteiger partial charge in [0.2, 0.25) is 0 Å². The van der Waals surface area contributed by atoms with E-state index in [1.54, 1.807) is 0 Å². The van der Waals surface area contributed by atoms with Gasteiger partial charge in [0.1, 0.15) is 0 Å². The maximum Gasteiger partial charge on any atom is 0.164 e. The third-order valence-corrected chi connectivity index (χ3v) is 12.4. The van der Waals surface area contributed by atoms with E-state index in [2.05, 4.69) is 177 Å². The lowest BCUT2D eigenvalue weighted by Crippen LogP contribution is -2.25. The maximum absolute atomic E-state index is 5.13. The summed E-state index contributed by atoms with van der Waals surface area (Å²) >= 11 is 0. The lowest BCUT2D eigenvalue weighted by atomic mass is 10.00. The van der Waals surface area contributed by atoms with Crippen LogP contribution < -0.4 is 9.80 Å². The standard InChI is InChI=1S/C57H37N7/c1-5-18-37(19-6-1)55-59-56(38-20-7-2-8-21-38)61-57(60-55)39-22-17-27-42(36-39)64-48-31-16-14-29-44(48)46-33-35-50-54(52(46)64)63(41-25-11-4-12-26-41)49-34-32-45-43-28-13-15-30-47(43)58-51(45)53(49)62(50)40-23-9-3-10-24-40/h1-36,58H. The Morgan fingerprint density at radius 3 is 1.48 bits per heavy atom. The first-order valence-electron chi connectivity index (χ1n) is 21.5. The minimum atomic E-state index is 0.606. The van der Waals surface area contributed by atoms with Gasteiger partial charge in [-0.1, -0.05) is 146 Å². The van der Waals surface area contributed by atoms with Crippen LogP contribution >= 0.6 is 0 Å². The molecule has 0 saturated heterocycles. The summed E-state index contributed by atoms with van der Waals surface area (Å²) in [4.78, 5) is 24.0. The monoisotopic (exact) mass is 819 g/mol. The molecule has 0 atom stereocenters. The summed E-state index contributed by atoms with van der Waals surface area (Å²) in [7, 11) is 0. The minimum Gasteiger partial charge on any atom is -0.353 e. The van der Waals surface area contributed by atoms with Gasteiger partial charge < -0.3 is 19.4 Å². The second kappa shape index (κ2) is 14.4. The van der Waals surface area contributed by atoms with Crippen LogP contribution in [0, 0.1) is 0 Å². The normalized spacial score (nSPS) is 12.3. The average molecular weight is 820 g/mol. The highest BCUT2D eigenvalue weighted by molar-refractivity contribution is 6.23. The van der Waals surface area contributed by atoms with Gasteiger partial charge in [0.15, 0.2) is 17.5 Å². The van der Waals surface area contributed by atoms with Crippen molar-refractivity contribution in [3.63, 3.8) is 0 Å². The van der Waals surface area contributed by atoms with Gasteiger partial charge in [-0.25, -0.2) is 15.0 Å². The number of rotatable bonds is 6. The van der Waals surface area contributed by atoms with Gasteiger partial charge in [-0.2, -0.15) is 0 Å². The van der Waals surface area contributed by atoms with E-state index in [-0.39, 0.29) is 0 Å². The van der Waals surface area contributed by atoms with E-state index in [9.17, 15) is 0 Å². The molecule has 300 valence electrons. The Balaban J connectivity index is 1.11. The van der Waals surface area contributed by atoms with E-state index in [0.717, 1.165) is 84.0 Å². The zero-order valence-corrected chi connectivity index (χ0v) is 34.5. The Bertz CT molecular complexity index is 3670. The summed E-state index contributed by atoms with van der Waals surface area (Å²) in [5.41, 5.74) is 14.6. The molecule has 64 heavy (non-hydrogen) atoms. The van der Waals surface area contributed by atoms with Crippen molar-refractivity contribution in [2.24, 2.45) is 0 Å². The molecule has 1 aliphatic rings. The predicted octanol–water partition coefficient (Wildman–Crippen LogP) is 14.9. The molecule has 12 aromatic rings. The van der Waals surface area contributed by atoms with Gasteiger partial charge in [-0.3, -0.25) is 0 Å². The fourth-order valence-corrected chi connectivity index (χ4v) is 9.65. The number of aromatic amines is 1. The topological polar surface area (TPSA) is 65.9 Å². The number of hydrogen-bond acceptors (Lipinski definition) is 5. The number of hydrogen-bond donors (Lipinski definition) is 1. The Hall–Kier alpha value is -8.81. The summed E-state index contributed by atoms with van der Waals surface area (Å²) in [6, 6.07) is 76.9. The van der Waals surface area contributed by atoms with Crippen LogP contribution in [0.2, 0.25) is 0 Å².